The lowest BCUT2D eigenvalue weighted by molar-refractivity contribution is -0.274. The van der Waals surface area contributed by atoms with Gasteiger partial charge in [-0.05, 0) is 62.4 Å². The van der Waals surface area contributed by atoms with Gasteiger partial charge >= 0.3 is 6.36 Å². The van der Waals surface area contributed by atoms with Crippen molar-refractivity contribution in [1.82, 2.24) is 9.55 Å². The molecule has 36 heavy (non-hydrogen) atoms. The Morgan fingerprint density at radius 2 is 1.83 bits per heavy atom. The number of halogens is 3. The summed E-state index contributed by atoms with van der Waals surface area (Å²) in [4.78, 5) is 18.4. The molecule has 0 aromatic heterocycles. The number of hydrogen-bond donors (Lipinski definition) is 1. The summed E-state index contributed by atoms with van der Waals surface area (Å²) in [6.07, 6.45) is -2.14. The van der Waals surface area contributed by atoms with Crippen LogP contribution in [0.25, 0.3) is 28.1 Å². The molecule has 2 aliphatic heterocycles. The van der Waals surface area contributed by atoms with Gasteiger partial charge in [0.05, 0.1) is 33.5 Å². The van der Waals surface area contributed by atoms with E-state index in [1.165, 1.54) is 12.1 Å². The number of guanidine groups is 1. The van der Waals surface area contributed by atoms with Crippen molar-refractivity contribution in [3.8, 4) is 22.8 Å². The van der Waals surface area contributed by atoms with Gasteiger partial charge in [-0.25, -0.2) is 9.98 Å². The van der Waals surface area contributed by atoms with Gasteiger partial charge in [-0.15, -0.1) is 13.2 Å². The summed E-state index contributed by atoms with van der Waals surface area (Å²) in [6.45, 7) is 4.62. The number of alkyl halides is 3. The molecule has 0 saturated carbocycles. The fourth-order valence-corrected chi connectivity index (χ4v) is 4.01. The average Bonchev–Trinajstić information content (AvgIpc) is 2.83. The van der Waals surface area contributed by atoms with Crippen LogP contribution in [0.15, 0.2) is 75.6 Å². The SMILES string of the molecule is CC(C)N=c1cc2n(-c3ccc(OC(F)(F)F)cc3)c3ccccc3nc-2cc1NC1=NCCC=N1. The number of benzene rings is 3. The molecule has 184 valence electrons. The summed E-state index contributed by atoms with van der Waals surface area (Å²) >= 11 is 0. The maximum Gasteiger partial charge on any atom is 0.573 e. The van der Waals surface area contributed by atoms with Gasteiger partial charge in [-0.2, -0.15) is 0 Å². The molecule has 7 nitrogen and oxygen atoms in total. The Morgan fingerprint density at radius 3 is 2.53 bits per heavy atom. The maximum absolute atomic E-state index is 12.7. The van der Waals surface area contributed by atoms with Gasteiger partial charge < -0.3 is 14.6 Å². The van der Waals surface area contributed by atoms with Crippen LogP contribution in [0.2, 0.25) is 0 Å². The Morgan fingerprint density at radius 1 is 1.06 bits per heavy atom. The number of para-hydroxylation sites is 2. The quantitative estimate of drug-likeness (QED) is 0.378. The van der Waals surface area contributed by atoms with E-state index in [0.29, 0.717) is 29.2 Å². The van der Waals surface area contributed by atoms with Gasteiger partial charge in [0, 0.05) is 30.9 Å². The van der Waals surface area contributed by atoms with E-state index >= 15 is 0 Å². The van der Waals surface area contributed by atoms with Crippen LogP contribution in [-0.4, -0.2) is 40.7 Å². The number of nitrogens with zero attached hydrogens (tertiary/aromatic N) is 5. The maximum atomic E-state index is 12.7. The highest BCUT2D eigenvalue weighted by Crippen LogP contribution is 2.31. The zero-order chi connectivity index (χ0) is 25.3. The summed E-state index contributed by atoms with van der Waals surface area (Å²) in [6, 6.07) is 17.2. The minimum Gasteiger partial charge on any atom is -0.406 e. The van der Waals surface area contributed by atoms with Crippen LogP contribution in [0.1, 0.15) is 20.3 Å². The molecule has 0 unspecified atom stereocenters. The number of anilines is 1. The van der Waals surface area contributed by atoms with Crippen molar-refractivity contribution in [2.75, 3.05) is 11.9 Å². The molecule has 0 fully saturated rings. The second kappa shape index (κ2) is 9.44. The molecule has 0 bridgehead atoms. The van der Waals surface area contributed by atoms with E-state index in [9.17, 15) is 13.2 Å². The summed E-state index contributed by atoms with van der Waals surface area (Å²) in [5.74, 6) is 0.222. The van der Waals surface area contributed by atoms with Gasteiger partial charge in [0.15, 0.2) is 0 Å². The number of aromatic nitrogens is 2. The molecular weight excluding hydrogens is 469 g/mol. The minimum absolute atomic E-state index is 0.0143. The fourth-order valence-electron chi connectivity index (χ4n) is 4.01. The number of hydrogen-bond acceptors (Lipinski definition) is 6. The van der Waals surface area contributed by atoms with Crippen LogP contribution in [0.3, 0.4) is 0 Å². The first-order valence-electron chi connectivity index (χ1n) is 11.5. The zero-order valence-electron chi connectivity index (χ0n) is 19.6. The molecule has 0 saturated heterocycles. The van der Waals surface area contributed by atoms with E-state index in [-0.39, 0.29) is 11.8 Å². The van der Waals surface area contributed by atoms with E-state index in [2.05, 4.69) is 20.0 Å². The molecule has 5 rings (SSSR count). The van der Waals surface area contributed by atoms with Crippen LogP contribution in [0, 0.1) is 0 Å². The first kappa shape index (κ1) is 23.5. The van der Waals surface area contributed by atoms with Gasteiger partial charge in [-0.3, -0.25) is 9.98 Å². The summed E-state index contributed by atoms with van der Waals surface area (Å²) in [5.41, 5.74) is 4.33. The Labute approximate surface area is 205 Å². The molecule has 2 aromatic carbocycles. The van der Waals surface area contributed by atoms with E-state index in [0.717, 1.165) is 28.8 Å². The van der Waals surface area contributed by atoms with E-state index in [4.69, 9.17) is 9.98 Å². The molecule has 2 aromatic rings. The minimum atomic E-state index is -4.76. The third-order valence-corrected chi connectivity index (χ3v) is 5.40. The molecule has 0 radical (unpaired) electrons. The zero-order valence-corrected chi connectivity index (χ0v) is 19.6. The summed E-state index contributed by atoms with van der Waals surface area (Å²) in [7, 11) is 0. The van der Waals surface area contributed by atoms with Crippen molar-refractivity contribution in [2.45, 2.75) is 32.7 Å². The predicted octanol–water partition coefficient (Wildman–Crippen LogP) is 5.58. The first-order chi connectivity index (χ1) is 17.3. The van der Waals surface area contributed by atoms with Crippen molar-refractivity contribution < 1.29 is 17.9 Å². The topological polar surface area (TPSA) is 76.2 Å². The van der Waals surface area contributed by atoms with Crippen molar-refractivity contribution >= 4 is 28.9 Å². The van der Waals surface area contributed by atoms with Crippen LogP contribution in [-0.2, 0) is 0 Å². The lowest BCUT2D eigenvalue weighted by atomic mass is 10.1. The van der Waals surface area contributed by atoms with Gasteiger partial charge in [0.1, 0.15) is 5.75 Å². The second-order valence-electron chi connectivity index (χ2n) is 8.49. The lowest BCUT2D eigenvalue weighted by Gasteiger charge is -2.21. The van der Waals surface area contributed by atoms with Gasteiger partial charge in [-0.1, -0.05) is 12.1 Å². The molecule has 2 heterocycles. The van der Waals surface area contributed by atoms with E-state index in [1.54, 1.807) is 12.1 Å². The van der Waals surface area contributed by atoms with Crippen molar-refractivity contribution in [2.24, 2.45) is 15.0 Å². The molecule has 1 aliphatic carbocycles. The number of nitrogens with one attached hydrogen (secondary N) is 1. The lowest BCUT2D eigenvalue weighted by Crippen LogP contribution is -2.22. The van der Waals surface area contributed by atoms with Crippen molar-refractivity contribution in [1.29, 1.82) is 0 Å². The molecular formula is C26H23F3N6O. The second-order valence-corrected chi connectivity index (χ2v) is 8.49. The Bertz CT molecular complexity index is 1500. The standard InChI is InChI=1S/C26H23F3N6O/c1-16(2)32-21-15-24-22(14-20(21)34-25-30-12-5-13-31-25)33-19-6-3-4-7-23(19)35(24)17-8-10-18(11-9-17)36-26(27,28)29/h3-4,6-12,14-16H,5,13H2,1-2H3,(H,31,34). The normalized spacial score (nSPS) is 14.5. The molecule has 10 heteroatoms. The predicted molar refractivity (Wildman–Crippen MR) is 134 cm³/mol. The monoisotopic (exact) mass is 492 g/mol. The van der Waals surface area contributed by atoms with Crippen LogP contribution < -0.4 is 15.4 Å². The van der Waals surface area contributed by atoms with Crippen LogP contribution in [0.5, 0.6) is 5.75 Å². The third kappa shape index (κ3) is 5.07. The number of ether oxygens (including phenoxy) is 1. The molecule has 0 spiro atoms. The largest absolute Gasteiger partial charge is 0.573 e. The first-order valence-corrected chi connectivity index (χ1v) is 11.5. The summed E-state index contributed by atoms with van der Waals surface area (Å²) in [5, 5.41) is 3.97. The number of aliphatic imine (C=N–C) groups is 2. The fraction of sp³-hybridized carbons (Fsp3) is 0.231. The van der Waals surface area contributed by atoms with Gasteiger partial charge in [0.2, 0.25) is 5.96 Å². The highest BCUT2D eigenvalue weighted by atomic mass is 19.4. The van der Waals surface area contributed by atoms with Crippen molar-refractivity contribution in [3.63, 3.8) is 0 Å². The molecule has 0 amide bonds. The smallest absolute Gasteiger partial charge is 0.406 e. The highest BCUT2D eigenvalue weighted by molar-refractivity contribution is 6.00. The molecule has 0 atom stereocenters. The Kier molecular flexibility index (Phi) is 6.17. The number of rotatable bonds is 4. The van der Waals surface area contributed by atoms with E-state index < -0.39 is 6.36 Å². The van der Waals surface area contributed by atoms with Crippen LogP contribution >= 0.6 is 0 Å². The van der Waals surface area contributed by atoms with Crippen molar-refractivity contribution in [3.05, 3.63) is 66.0 Å². The van der Waals surface area contributed by atoms with Crippen LogP contribution in [0.4, 0.5) is 18.9 Å². The number of fused-ring (bicyclic) bond motifs is 2. The van der Waals surface area contributed by atoms with E-state index in [1.807, 2.05) is 61.0 Å². The summed E-state index contributed by atoms with van der Waals surface area (Å²) < 4.78 is 44.0. The van der Waals surface area contributed by atoms with Gasteiger partial charge in [0.25, 0.3) is 0 Å². The molecule has 1 N–H and O–H groups in total. The Hall–Kier alpha value is -4.21. The highest BCUT2D eigenvalue weighted by Gasteiger charge is 2.31. The molecule has 3 aliphatic rings. The third-order valence-electron chi connectivity index (χ3n) is 5.40. The Balaban J connectivity index is 1.72. The average molecular weight is 493 g/mol.